The predicted molar refractivity (Wildman–Crippen MR) is 136 cm³/mol. The average Bonchev–Trinajstić information content (AvgIpc) is 2.80. The van der Waals surface area contributed by atoms with Crippen LogP contribution < -0.4 is 21.3 Å². The van der Waals surface area contributed by atoms with E-state index in [0.717, 1.165) is 11.3 Å². The van der Waals surface area contributed by atoms with Gasteiger partial charge in [0.25, 0.3) is 0 Å². The number of nitrogens with two attached hydrogens (primary N) is 1. The van der Waals surface area contributed by atoms with Crippen molar-refractivity contribution in [2.45, 2.75) is 64.3 Å². The Hall–Kier alpha value is -2.40. The highest BCUT2D eigenvalue weighted by Gasteiger charge is 2.34. The van der Waals surface area contributed by atoms with Crippen LogP contribution in [0.2, 0.25) is 0 Å². The third kappa shape index (κ3) is 8.96. The summed E-state index contributed by atoms with van der Waals surface area (Å²) in [5, 5.41) is 15.8. The van der Waals surface area contributed by atoms with Crippen molar-refractivity contribution >= 4 is 36.0 Å². The number of aliphatic hydroxyl groups is 1. The zero-order chi connectivity index (χ0) is 25.5. The molecule has 5 N–H and O–H groups in total. The van der Waals surface area contributed by atoms with Crippen LogP contribution in [0.15, 0.2) is 24.3 Å². The normalized spacial score (nSPS) is 17.8. The number of halogens is 1. The van der Waals surface area contributed by atoms with Crippen LogP contribution in [-0.4, -0.2) is 74.6 Å². The van der Waals surface area contributed by atoms with Crippen LogP contribution in [-0.2, 0) is 25.5 Å². The van der Waals surface area contributed by atoms with Gasteiger partial charge in [-0.05, 0) is 36.8 Å². The van der Waals surface area contributed by atoms with Crippen LogP contribution >= 0.6 is 12.4 Å². The van der Waals surface area contributed by atoms with E-state index in [1.807, 2.05) is 38.1 Å². The number of ether oxygens (including phenoxy) is 2. The van der Waals surface area contributed by atoms with E-state index in [9.17, 15) is 19.5 Å². The molecule has 0 saturated carbocycles. The Balaban J connectivity index is 0.00000612. The van der Waals surface area contributed by atoms with Crippen LogP contribution in [0.1, 0.15) is 39.2 Å². The summed E-state index contributed by atoms with van der Waals surface area (Å²) >= 11 is 0. The number of fused-ring (bicyclic) bond motifs is 1. The fourth-order valence-corrected chi connectivity index (χ4v) is 4.11. The fourth-order valence-electron chi connectivity index (χ4n) is 4.11. The van der Waals surface area contributed by atoms with E-state index in [-0.39, 0.29) is 43.2 Å². The van der Waals surface area contributed by atoms with Gasteiger partial charge in [-0.25, -0.2) is 4.79 Å². The number of benzene rings is 1. The number of carbonyl (C=O) groups excluding carboxylic acids is 3. The van der Waals surface area contributed by atoms with Gasteiger partial charge in [-0.15, -0.1) is 12.4 Å². The third-order valence-electron chi connectivity index (χ3n) is 6.08. The second-order valence-corrected chi connectivity index (χ2v) is 9.57. The molecule has 0 aliphatic carbocycles. The molecule has 2 rings (SSSR count). The number of nitrogens with one attached hydrogen (secondary N) is 2. The number of para-hydroxylation sites is 1. The van der Waals surface area contributed by atoms with Crippen LogP contribution in [0.5, 0.6) is 0 Å². The molecule has 1 aromatic carbocycles. The minimum Gasteiger partial charge on any atom is -0.453 e. The molecule has 35 heavy (non-hydrogen) atoms. The lowest BCUT2D eigenvalue weighted by atomic mass is 9.80. The molecule has 3 amide bonds. The lowest BCUT2D eigenvalue weighted by Gasteiger charge is -2.37. The largest absolute Gasteiger partial charge is 0.453 e. The SMILES string of the molecule is COC(=O)NC1Cc2ccccc2N(C(=O)CC(C)(C)C[C@H](N)[C@@H](O)CNC(=O)[C@@H](C)OC)C1.Cl. The van der Waals surface area contributed by atoms with E-state index in [4.69, 9.17) is 15.2 Å². The van der Waals surface area contributed by atoms with E-state index in [0.29, 0.717) is 19.4 Å². The van der Waals surface area contributed by atoms with Crippen molar-refractivity contribution in [3.8, 4) is 0 Å². The zero-order valence-corrected chi connectivity index (χ0v) is 21.9. The van der Waals surface area contributed by atoms with Crippen LogP contribution in [0.3, 0.4) is 0 Å². The van der Waals surface area contributed by atoms with E-state index < -0.39 is 29.8 Å². The molecule has 1 aromatic rings. The lowest BCUT2D eigenvalue weighted by molar-refractivity contribution is -0.130. The number of methoxy groups -OCH3 is 2. The van der Waals surface area contributed by atoms with Gasteiger partial charge in [-0.2, -0.15) is 0 Å². The maximum Gasteiger partial charge on any atom is 0.407 e. The predicted octanol–water partition coefficient (Wildman–Crippen LogP) is 1.37. The maximum absolute atomic E-state index is 13.4. The molecule has 4 atom stereocenters. The van der Waals surface area contributed by atoms with Crippen molar-refractivity contribution in [2.75, 3.05) is 32.2 Å². The molecule has 0 aromatic heterocycles. The molecule has 0 saturated heterocycles. The molecular formula is C24H39ClN4O6. The van der Waals surface area contributed by atoms with Gasteiger partial charge in [-0.1, -0.05) is 32.0 Å². The van der Waals surface area contributed by atoms with Crippen LogP contribution in [0.4, 0.5) is 10.5 Å². The highest BCUT2D eigenvalue weighted by molar-refractivity contribution is 5.95. The van der Waals surface area contributed by atoms with Crippen molar-refractivity contribution < 1.29 is 29.0 Å². The highest BCUT2D eigenvalue weighted by Crippen LogP contribution is 2.32. The quantitative estimate of drug-likeness (QED) is 0.369. The standard InChI is InChI=1S/C24H38N4O6.ClH/c1-15(33-4)22(31)26-13-20(29)18(25)11-24(2,3)12-21(30)28-14-17(27-23(32)34-5)10-16-8-6-7-9-19(16)28;/h6-9,15,17-18,20,29H,10-14,25H2,1-5H3,(H,26,31)(H,27,32);1H/t15-,17?,18+,20+;/m1./s1. The van der Waals surface area contributed by atoms with E-state index in [1.165, 1.54) is 14.2 Å². The Morgan fingerprint density at radius 1 is 1.26 bits per heavy atom. The van der Waals surface area contributed by atoms with Crippen molar-refractivity contribution in [1.29, 1.82) is 0 Å². The lowest BCUT2D eigenvalue weighted by Crippen LogP contribution is -2.51. The van der Waals surface area contributed by atoms with Crippen molar-refractivity contribution in [1.82, 2.24) is 10.6 Å². The van der Waals surface area contributed by atoms with Crippen molar-refractivity contribution in [3.05, 3.63) is 29.8 Å². The molecule has 0 bridgehead atoms. The van der Waals surface area contributed by atoms with Gasteiger partial charge in [0.1, 0.15) is 6.10 Å². The smallest absolute Gasteiger partial charge is 0.407 e. The van der Waals surface area contributed by atoms with Gasteiger partial charge < -0.3 is 35.8 Å². The molecule has 11 heteroatoms. The first-order chi connectivity index (χ1) is 16.0. The summed E-state index contributed by atoms with van der Waals surface area (Å²) in [7, 11) is 2.74. The Labute approximate surface area is 213 Å². The first-order valence-electron chi connectivity index (χ1n) is 11.4. The first-order valence-corrected chi connectivity index (χ1v) is 11.4. The molecule has 0 fully saturated rings. The summed E-state index contributed by atoms with van der Waals surface area (Å²) in [6.45, 7) is 5.78. The Kier molecular flexibility index (Phi) is 11.9. The fraction of sp³-hybridized carbons (Fsp3) is 0.625. The summed E-state index contributed by atoms with van der Waals surface area (Å²) in [6.07, 6.45) is -0.962. The number of rotatable bonds is 10. The summed E-state index contributed by atoms with van der Waals surface area (Å²) in [6, 6.07) is 6.71. The second kappa shape index (κ2) is 13.6. The molecule has 1 aliphatic rings. The average molecular weight is 515 g/mol. The Morgan fingerprint density at radius 2 is 1.91 bits per heavy atom. The summed E-state index contributed by atoms with van der Waals surface area (Å²) in [4.78, 5) is 38.6. The molecule has 1 heterocycles. The number of carbonyl (C=O) groups is 3. The number of hydrogen-bond acceptors (Lipinski definition) is 7. The van der Waals surface area contributed by atoms with E-state index >= 15 is 0 Å². The van der Waals surface area contributed by atoms with Gasteiger partial charge in [0.15, 0.2) is 0 Å². The van der Waals surface area contributed by atoms with Gasteiger partial charge in [-0.3, -0.25) is 9.59 Å². The van der Waals surface area contributed by atoms with Crippen LogP contribution in [0, 0.1) is 5.41 Å². The molecular weight excluding hydrogens is 476 g/mol. The summed E-state index contributed by atoms with van der Waals surface area (Å²) in [5.74, 6) is -0.431. The Morgan fingerprint density at radius 3 is 2.54 bits per heavy atom. The number of anilines is 1. The molecule has 1 unspecified atom stereocenters. The van der Waals surface area contributed by atoms with Gasteiger partial charge >= 0.3 is 6.09 Å². The number of alkyl carbamates (subject to hydrolysis) is 1. The number of aliphatic hydroxyl groups excluding tert-OH is 1. The summed E-state index contributed by atoms with van der Waals surface area (Å²) in [5.41, 5.74) is 7.48. The van der Waals surface area contributed by atoms with Crippen LogP contribution in [0.25, 0.3) is 0 Å². The Bertz CT molecular complexity index is 868. The molecule has 0 spiro atoms. The third-order valence-corrected chi connectivity index (χ3v) is 6.08. The van der Waals surface area contributed by atoms with Gasteiger partial charge in [0.2, 0.25) is 11.8 Å². The minimum atomic E-state index is -0.966. The number of nitrogens with zero attached hydrogens (tertiary/aromatic N) is 1. The number of hydrogen-bond donors (Lipinski definition) is 4. The topological polar surface area (TPSA) is 143 Å². The van der Waals surface area contributed by atoms with Crippen molar-refractivity contribution in [2.24, 2.45) is 11.1 Å². The van der Waals surface area contributed by atoms with Crippen molar-refractivity contribution in [3.63, 3.8) is 0 Å². The first kappa shape index (κ1) is 30.6. The monoisotopic (exact) mass is 514 g/mol. The van der Waals surface area contributed by atoms with Gasteiger partial charge in [0.05, 0.1) is 19.3 Å². The minimum absolute atomic E-state index is 0. The molecule has 10 nitrogen and oxygen atoms in total. The molecule has 0 radical (unpaired) electrons. The molecule has 1 aliphatic heterocycles. The number of amides is 3. The zero-order valence-electron chi connectivity index (χ0n) is 21.1. The second-order valence-electron chi connectivity index (χ2n) is 9.57. The van der Waals surface area contributed by atoms with E-state index in [1.54, 1.807) is 11.8 Å². The summed E-state index contributed by atoms with van der Waals surface area (Å²) < 4.78 is 9.66. The molecule has 198 valence electrons. The highest BCUT2D eigenvalue weighted by atomic mass is 35.5. The van der Waals surface area contributed by atoms with Gasteiger partial charge in [0, 0.05) is 38.3 Å². The van der Waals surface area contributed by atoms with E-state index in [2.05, 4.69) is 10.6 Å². The maximum atomic E-state index is 13.4.